The van der Waals surface area contributed by atoms with Crippen LogP contribution in [0.3, 0.4) is 0 Å². The molecule has 1 N–H and O–H groups in total. The standard InChI is InChI=1S/C20H15ClN4O2/c1-11-8-13(9-15(21)22-11)18-17(12-6-4-3-5-7-12)25-20-19(24-18)14(26)10-16(23-20)27-2/h3-10H,1-2H3,(H,23,25,26). The highest BCUT2D eigenvalue weighted by atomic mass is 35.5. The molecule has 0 atom stereocenters. The van der Waals surface area contributed by atoms with Gasteiger partial charge < -0.3 is 9.72 Å². The SMILES string of the molecule is COc1cc(=O)c2nc(-c3cc(C)nc(Cl)c3)c(-c3ccccc3)nc2[nH]1. The van der Waals surface area contributed by atoms with Crippen LogP contribution in [0, 0.1) is 6.92 Å². The van der Waals surface area contributed by atoms with E-state index in [1.165, 1.54) is 13.2 Å². The number of nitrogens with one attached hydrogen (secondary N) is 1. The van der Waals surface area contributed by atoms with Crippen LogP contribution in [-0.2, 0) is 0 Å². The largest absolute Gasteiger partial charge is 0.482 e. The predicted octanol–water partition coefficient (Wildman–Crippen LogP) is 4.02. The molecule has 7 heteroatoms. The average molecular weight is 379 g/mol. The molecule has 6 nitrogen and oxygen atoms in total. The number of nitrogens with zero attached hydrogens (tertiary/aromatic N) is 3. The first-order valence-electron chi connectivity index (χ1n) is 8.24. The Morgan fingerprint density at radius 3 is 2.41 bits per heavy atom. The summed E-state index contributed by atoms with van der Waals surface area (Å²) in [5, 5.41) is 0.356. The number of hydrogen-bond acceptors (Lipinski definition) is 5. The number of aromatic nitrogens is 4. The minimum absolute atomic E-state index is 0.232. The van der Waals surface area contributed by atoms with Gasteiger partial charge in [-0.25, -0.2) is 15.0 Å². The van der Waals surface area contributed by atoms with Gasteiger partial charge in [0.25, 0.3) is 0 Å². The van der Waals surface area contributed by atoms with Crippen LogP contribution in [0.15, 0.2) is 53.3 Å². The zero-order chi connectivity index (χ0) is 19.0. The van der Waals surface area contributed by atoms with Crippen molar-refractivity contribution in [2.24, 2.45) is 0 Å². The van der Waals surface area contributed by atoms with Crippen molar-refractivity contribution in [3.8, 4) is 28.4 Å². The maximum Gasteiger partial charge on any atom is 0.213 e. The number of H-pyrrole nitrogens is 1. The normalized spacial score (nSPS) is 10.9. The molecule has 4 rings (SSSR count). The maximum atomic E-state index is 12.5. The molecule has 27 heavy (non-hydrogen) atoms. The number of aromatic amines is 1. The van der Waals surface area contributed by atoms with Gasteiger partial charge in [0.1, 0.15) is 5.15 Å². The summed E-state index contributed by atoms with van der Waals surface area (Å²) >= 11 is 6.14. The summed E-state index contributed by atoms with van der Waals surface area (Å²) in [7, 11) is 1.48. The Morgan fingerprint density at radius 2 is 1.70 bits per heavy atom. The van der Waals surface area contributed by atoms with Crippen LogP contribution in [0.25, 0.3) is 33.7 Å². The second-order valence-corrected chi connectivity index (χ2v) is 6.39. The number of aryl methyl sites for hydroxylation is 1. The lowest BCUT2D eigenvalue weighted by Gasteiger charge is -2.11. The maximum absolute atomic E-state index is 12.5. The molecule has 3 aromatic heterocycles. The lowest BCUT2D eigenvalue weighted by molar-refractivity contribution is 0.399. The van der Waals surface area contributed by atoms with Gasteiger partial charge in [0.05, 0.1) is 18.5 Å². The highest BCUT2D eigenvalue weighted by molar-refractivity contribution is 6.29. The van der Waals surface area contributed by atoms with E-state index in [4.69, 9.17) is 16.3 Å². The number of ether oxygens (including phenoxy) is 1. The minimum Gasteiger partial charge on any atom is -0.482 e. The number of fused-ring (bicyclic) bond motifs is 1. The van der Waals surface area contributed by atoms with Crippen LogP contribution < -0.4 is 10.2 Å². The van der Waals surface area contributed by atoms with Gasteiger partial charge in [-0.1, -0.05) is 41.9 Å². The Morgan fingerprint density at radius 1 is 0.963 bits per heavy atom. The van der Waals surface area contributed by atoms with E-state index >= 15 is 0 Å². The summed E-state index contributed by atoms with van der Waals surface area (Å²) in [6.07, 6.45) is 0. The number of rotatable bonds is 3. The van der Waals surface area contributed by atoms with Gasteiger partial charge >= 0.3 is 0 Å². The molecule has 0 saturated heterocycles. The summed E-state index contributed by atoms with van der Waals surface area (Å²) in [5.41, 5.74) is 3.89. The molecule has 0 amide bonds. The summed E-state index contributed by atoms with van der Waals surface area (Å²) in [6.45, 7) is 1.85. The number of pyridine rings is 2. The fourth-order valence-electron chi connectivity index (χ4n) is 2.91. The first-order chi connectivity index (χ1) is 13.0. The second-order valence-electron chi connectivity index (χ2n) is 6.01. The molecule has 0 fully saturated rings. The van der Waals surface area contributed by atoms with E-state index < -0.39 is 0 Å². The van der Waals surface area contributed by atoms with Gasteiger partial charge in [-0.2, -0.15) is 0 Å². The summed E-state index contributed by atoms with van der Waals surface area (Å²) in [5.74, 6) is 0.330. The highest BCUT2D eigenvalue weighted by Gasteiger charge is 2.16. The lowest BCUT2D eigenvalue weighted by Crippen LogP contribution is -2.08. The minimum atomic E-state index is -0.272. The zero-order valence-corrected chi connectivity index (χ0v) is 15.4. The Hall–Kier alpha value is -3.25. The van der Waals surface area contributed by atoms with Crippen LogP contribution in [0.4, 0.5) is 0 Å². The molecule has 0 bridgehead atoms. The Kier molecular flexibility index (Phi) is 4.33. The monoisotopic (exact) mass is 378 g/mol. The molecule has 0 radical (unpaired) electrons. The van der Waals surface area contributed by atoms with Gasteiger partial charge in [0, 0.05) is 22.9 Å². The van der Waals surface area contributed by atoms with E-state index in [-0.39, 0.29) is 10.9 Å². The van der Waals surface area contributed by atoms with Gasteiger partial charge in [-0.05, 0) is 19.1 Å². The quantitative estimate of drug-likeness (QED) is 0.544. The van der Waals surface area contributed by atoms with Crippen LogP contribution >= 0.6 is 11.6 Å². The molecule has 0 unspecified atom stereocenters. The Bertz CT molecular complexity index is 1190. The van der Waals surface area contributed by atoms with Gasteiger partial charge in [-0.15, -0.1) is 0 Å². The fraction of sp³-hybridized carbons (Fsp3) is 0.100. The van der Waals surface area contributed by atoms with Crippen molar-refractivity contribution in [3.63, 3.8) is 0 Å². The van der Waals surface area contributed by atoms with Crippen LogP contribution in [0.5, 0.6) is 5.88 Å². The third-order valence-corrected chi connectivity index (χ3v) is 4.29. The van der Waals surface area contributed by atoms with Crippen molar-refractivity contribution < 1.29 is 4.74 Å². The van der Waals surface area contributed by atoms with E-state index in [9.17, 15) is 4.79 Å². The van der Waals surface area contributed by atoms with E-state index in [1.54, 1.807) is 6.07 Å². The smallest absolute Gasteiger partial charge is 0.213 e. The molecule has 0 aliphatic heterocycles. The van der Waals surface area contributed by atoms with Gasteiger partial charge in [0.2, 0.25) is 5.43 Å². The predicted molar refractivity (Wildman–Crippen MR) is 105 cm³/mol. The highest BCUT2D eigenvalue weighted by Crippen LogP contribution is 2.31. The molecule has 0 aliphatic carbocycles. The zero-order valence-electron chi connectivity index (χ0n) is 14.7. The number of hydrogen-bond donors (Lipinski definition) is 1. The molecule has 0 saturated carbocycles. The lowest BCUT2D eigenvalue weighted by atomic mass is 10.0. The van der Waals surface area contributed by atoms with Crippen molar-refractivity contribution in [1.82, 2.24) is 19.9 Å². The fourth-order valence-corrected chi connectivity index (χ4v) is 3.16. The van der Waals surface area contributed by atoms with E-state index in [2.05, 4.69) is 19.9 Å². The molecular formula is C20H15ClN4O2. The van der Waals surface area contributed by atoms with Crippen molar-refractivity contribution in [1.29, 1.82) is 0 Å². The van der Waals surface area contributed by atoms with Gasteiger partial charge in [0.15, 0.2) is 17.0 Å². The summed E-state index contributed by atoms with van der Waals surface area (Å²) < 4.78 is 5.15. The van der Waals surface area contributed by atoms with Crippen molar-refractivity contribution >= 4 is 22.8 Å². The van der Waals surface area contributed by atoms with E-state index in [1.807, 2.05) is 43.3 Å². The van der Waals surface area contributed by atoms with E-state index in [0.717, 1.165) is 16.8 Å². The first kappa shape index (κ1) is 17.2. The third-order valence-electron chi connectivity index (χ3n) is 4.10. The molecule has 134 valence electrons. The molecule has 4 aromatic rings. The Labute approximate surface area is 159 Å². The number of benzene rings is 1. The average Bonchev–Trinajstić information content (AvgIpc) is 2.67. The summed E-state index contributed by atoms with van der Waals surface area (Å²) in [6, 6.07) is 14.6. The van der Waals surface area contributed by atoms with E-state index in [0.29, 0.717) is 28.1 Å². The number of halogens is 1. The number of methoxy groups -OCH3 is 1. The van der Waals surface area contributed by atoms with Crippen LogP contribution in [0.1, 0.15) is 5.69 Å². The molecule has 0 aliphatic rings. The third kappa shape index (κ3) is 3.27. The first-order valence-corrected chi connectivity index (χ1v) is 8.62. The van der Waals surface area contributed by atoms with Crippen molar-refractivity contribution in [3.05, 3.63) is 69.6 Å². The molecular weight excluding hydrogens is 364 g/mol. The second kappa shape index (κ2) is 6.81. The molecule has 1 aromatic carbocycles. The summed E-state index contributed by atoms with van der Waals surface area (Å²) in [4.78, 5) is 29.0. The topological polar surface area (TPSA) is 80.8 Å². The van der Waals surface area contributed by atoms with Crippen LogP contribution in [-0.4, -0.2) is 27.0 Å². The molecule has 0 spiro atoms. The van der Waals surface area contributed by atoms with Crippen molar-refractivity contribution in [2.75, 3.05) is 7.11 Å². The Balaban J connectivity index is 2.09. The van der Waals surface area contributed by atoms with Crippen molar-refractivity contribution in [2.45, 2.75) is 6.92 Å². The van der Waals surface area contributed by atoms with Crippen LogP contribution in [0.2, 0.25) is 5.15 Å². The molecule has 3 heterocycles. The van der Waals surface area contributed by atoms with Gasteiger partial charge in [-0.3, -0.25) is 4.79 Å².